The van der Waals surface area contributed by atoms with Gasteiger partial charge in [-0.15, -0.1) is 0 Å². The number of aromatic nitrogens is 1. The lowest BCUT2D eigenvalue weighted by Gasteiger charge is -2.11. The molecular formula is C15H14N2O4S. The van der Waals surface area contributed by atoms with Crippen molar-refractivity contribution in [1.29, 1.82) is 0 Å². The summed E-state index contributed by atoms with van der Waals surface area (Å²) in [5.74, 6) is 0.937. The van der Waals surface area contributed by atoms with Crippen LogP contribution in [-0.4, -0.2) is 20.5 Å². The minimum absolute atomic E-state index is 0.110. The van der Waals surface area contributed by atoms with Crippen LogP contribution in [0.4, 0.5) is 5.69 Å². The van der Waals surface area contributed by atoms with Crippen LogP contribution in [0.5, 0.6) is 5.75 Å². The second kappa shape index (κ2) is 5.34. The number of para-hydroxylation sites is 2. The summed E-state index contributed by atoms with van der Waals surface area (Å²) in [6.45, 7) is 1.71. The third-order valence-corrected chi connectivity index (χ3v) is 4.49. The molecule has 0 aliphatic heterocycles. The first-order chi connectivity index (χ1) is 10.5. The Balaban J connectivity index is 2.00. The number of methoxy groups -OCH3 is 1. The molecule has 1 N–H and O–H groups in total. The van der Waals surface area contributed by atoms with E-state index >= 15 is 0 Å². The predicted molar refractivity (Wildman–Crippen MR) is 82.5 cm³/mol. The van der Waals surface area contributed by atoms with E-state index in [1.165, 1.54) is 19.2 Å². The van der Waals surface area contributed by atoms with E-state index in [9.17, 15) is 8.42 Å². The second-order valence-corrected chi connectivity index (χ2v) is 6.35. The molecule has 0 radical (unpaired) electrons. The first-order valence-corrected chi connectivity index (χ1v) is 8.01. The summed E-state index contributed by atoms with van der Waals surface area (Å²) < 4.78 is 38.0. The Morgan fingerprint density at radius 1 is 1.18 bits per heavy atom. The van der Waals surface area contributed by atoms with Gasteiger partial charge in [-0.05, 0) is 30.3 Å². The van der Waals surface area contributed by atoms with Gasteiger partial charge in [-0.2, -0.15) is 0 Å². The number of oxazole rings is 1. The number of rotatable bonds is 4. The highest BCUT2D eigenvalue weighted by molar-refractivity contribution is 7.92. The number of nitrogens with one attached hydrogen (secondary N) is 1. The SMILES string of the molecule is COc1ccccc1NS(=O)(=O)c1ccc2oc(C)nc2c1. The van der Waals surface area contributed by atoms with Crippen LogP contribution in [-0.2, 0) is 10.0 Å². The molecule has 0 saturated carbocycles. The van der Waals surface area contributed by atoms with E-state index in [1.807, 2.05) is 0 Å². The minimum atomic E-state index is -3.74. The smallest absolute Gasteiger partial charge is 0.262 e. The van der Waals surface area contributed by atoms with Crippen LogP contribution in [0.15, 0.2) is 51.8 Å². The normalized spacial score (nSPS) is 11.5. The van der Waals surface area contributed by atoms with Gasteiger partial charge in [0, 0.05) is 6.92 Å². The molecule has 2 aromatic carbocycles. The summed E-state index contributed by atoms with van der Waals surface area (Å²) in [5.41, 5.74) is 1.43. The number of hydrogen-bond donors (Lipinski definition) is 1. The fourth-order valence-corrected chi connectivity index (χ4v) is 3.21. The van der Waals surface area contributed by atoms with Crippen LogP contribution in [0.2, 0.25) is 0 Å². The third kappa shape index (κ3) is 2.62. The summed E-state index contributed by atoms with van der Waals surface area (Å²) in [7, 11) is -2.26. The highest BCUT2D eigenvalue weighted by Crippen LogP contribution is 2.27. The number of nitrogens with zero attached hydrogens (tertiary/aromatic N) is 1. The molecule has 1 heterocycles. The van der Waals surface area contributed by atoms with Crippen LogP contribution in [0.25, 0.3) is 11.1 Å². The molecule has 6 nitrogen and oxygen atoms in total. The number of hydrogen-bond acceptors (Lipinski definition) is 5. The molecule has 0 amide bonds. The van der Waals surface area contributed by atoms with Gasteiger partial charge in [0.15, 0.2) is 11.5 Å². The predicted octanol–water partition coefficient (Wildman–Crippen LogP) is 2.95. The van der Waals surface area contributed by atoms with E-state index in [4.69, 9.17) is 9.15 Å². The molecule has 114 valence electrons. The quantitative estimate of drug-likeness (QED) is 0.800. The summed E-state index contributed by atoms with van der Waals surface area (Å²) in [6.07, 6.45) is 0. The third-order valence-electron chi connectivity index (χ3n) is 3.13. The van der Waals surface area contributed by atoms with Crippen molar-refractivity contribution < 1.29 is 17.6 Å². The Hall–Kier alpha value is -2.54. The van der Waals surface area contributed by atoms with E-state index in [-0.39, 0.29) is 4.90 Å². The zero-order valence-electron chi connectivity index (χ0n) is 12.0. The molecule has 0 atom stereocenters. The summed E-state index contributed by atoms with van der Waals surface area (Å²) in [4.78, 5) is 4.25. The molecule has 0 unspecified atom stereocenters. The lowest BCUT2D eigenvalue weighted by atomic mass is 10.3. The van der Waals surface area contributed by atoms with E-state index in [2.05, 4.69) is 9.71 Å². The summed E-state index contributed by atoms with van der Waals surface area (Å²) >= 11 is 0. The van der Waals surface area contributed by atoms with E-state index in [0.717, 1.165) is 0 Å². The molecule has 22 heavy (non-hydrogen) atoms. The van der Waals surface area contributed by atoms with Crippen molar-refractivity contribution in [1.82, 2.24) is 4.98 Å². The molecule has 7 heteroatoms. The Bertz CT molecular complexity index is 932. The molecule has 0 fully saturated rings. The van der Waals surface area contributed by atoms with Gasteiger partial charge in [0.05, 0.1) is 17.7 Å². The van der Waals surface area contributed by atoms with Gasteiger partial charge in [-0.3, -0.25) is 4.72 Å². The van der Waals surface area contributed by atoms with Crippen LogP contribution in [0, 0.1) is 6.92 Å². The van der Waals surface area contributed by atoms with Crippen molar-refractivity contribution >= 4 is 26.8 Å². The van der Waals surface area contributed by atoms with Gasteiger partial charge in [0.2, 0.25) is 0 Å². The van der Waals surface area contributed by atoms with Crippen molar-refractivity contribution in [2.24, 2.45) is 0 Å². The topological polar surface area (TPSA) is 81.4 Å². The van der Waals surface area contributed by atoms with Gasteiger partial charge in [-0.1, -0.05) is 12.1 Å². The molecule has 0 spiro atoms. The Labute approximate surface area is 127 Å². The molecule has 0 bridgehead atoms. The summed E-state index contributed by atoms with van der Waals surface area (Å²) in [6, 6.07) is 11.4. The molecule has 1 aromatic heterocycles. The lowest BCUT2D eigenvalue weighted by Crippen LogP contribution is -2.13. The maximum atomic E-state index is 12.5. The van der Waals surface area contributed by atoms with Crippen molar-refractivity contribution in [2.45, 2.75) is 11.8 Å². The zero-order chi connectivity index (χ0) is 15.7. The van der Waals surface area contributed by atoms with E-state index < -0.39 is 10.0 Å². The van der Waals surface area contributed by atoms with Crippen LogP contribution in [0.1, 0.15) is 5.89 Å². The molecule has 0 aliphatic carbocycles. The maximum Gasteiger partial charge on any atom is 0.262 e. The maximum absolute atomic E-state index is 12.5. The number of aryl methyl sites for hydroxylation is 1. The first kappa shape index (κ1) is 14.4. The molecule has 3 rings (SSSR count). The number of fused-ring (bicyclic) bond motifs is 1. The molecule has 0 saturated heterocycles. The van der Waals surface area contributed by atoms with Crippen molar-refractivity contribution in [2.75, 3.05) is 11.8 Å². The summed E-state index contributed by atoms with van der Waals surface area (Å²) in [5, 5.41) is 0. The second-order valence-electron chi connectivity index (χ2n) is 4.67. The van der Waals surface area contributed by atoms with Crippen LogP contribution in [0.3, 0.4) is 0 Å². The van der Waals surface area contributed by atoms with Gasteiger partial charge in [0.25, 0.3) is 10.0 Å². The molecular weight excluding hydrogens is 304 g/mol. The lowest BCUT2D eigenvalue weighted by molar-refractivity contribution is 0.417. The van der Waals surface area contributed by atoms with Crippen molar-refractivity contribution in [3.8, 4) is 5.75 Å². The fourth-order valence-electron chi connectivity index (χ4n) is 2.12. The highest BCUT2D eigenvalue weighted by atomic mass is 32.2. The monoisotopic (exact) mass is 318 g/mol. The number of sulfonamides is 1. The van der Waals surface area contributed by atoms with Gasteiger partial charge < -0.3 is 9.15 Å². The van der Waals surface area contributed by atoms with Gasteiger partial charge in [-0.25, -0.2) is 13.4 Å². The van der Waals surface area contributed by atoms with Crippen molar-refractivity contribution in [3.05, 3.63) is 48.4 Å². The standard InChI is InChI=1S/C15H14N2O4S/c1-10-16-13-9-11(7-8-15(13)21-10)22(18,19)17-12-5-3-4-6-14(12)20-2/h3-9,17H,1-2H3. The Morgan fingerprint density at radius 2 is 1.95 bits per heavy atom. The van der Waals surface area contributed by atoms with Gasteiger partial charge in [0.1, 0.15) is 11.3 Å². The first-order valence-electron chi connectivity index (χ1n) is 6.52. The van der Waals surface area contributed by atoms with E-state index in [1.54, 1.807) is 37.3 Å². The Kier molecular flexibility index (Phi) is 3.50. The molecule has 3 aromatic rings. The minimum Gasteiger partial charge on any atom is -0.495 e. The Morgan fingerprint density at radius 3 is 2.73 bits per heavy atom. The highest BCUT2D eigenvalue weighted by Gasteiger charge is 2.18. The number of benzene rings is 2. The molecule has 0 aliphatic rings. The average Bonchev–Trinajstić information content (AvgIpc) is 2.86. The number of anilines is 1. The van der Waals surface area contributed by atoms with Crippen molar-refractivity contribution in [3.63, 3.8) is 0 Å². The van der Waals surface area contributed by atoms with E-state index in [0.29, 0.717) is 28.4 Å². The zero-order valence-corrected chi connectivity index (χ0v) is 12.8. The number of ether oxygens (including phenoxy) is 1. The average molecular weight is 318 g/mol. The van der Waals surface area contributed by atoms with Gasteiger partial charge >= 0.3 is 0 Å². The fraction of sp³-hybridized carbons (Fsp3) is 0.133. The van der Waals surface area contributed by atoms with Crippen LogP contribution >= 0.6 is 0 Å². The van der Waals surface area contributed by atoms with Crippen LogP contribution < -0.4 is 9.46 Å². The largest absolute Gasteiger partial charge is 0.495 e.